The van der Waals surface area contributed by atoms with Crippen molar-refractivity contribution in [1.29, 1.82) is 0 Å². The van der Waals surface area contributed by atoms with E-state index in [1.807, 2.05) is 24.3 Å². The maximum Gasteiger partial charge on any atom is 0.255 e. The number of nitrogens with one attached hydrogen (secondary N) is 2. The normalized spacial score (nSPS) is 17.5. The fourth-order valence-electron chi connectivity index (χ4n) is 3.29. The Morgan fingerprint density at radius 3 is 2.53 bits per heavy atom. The lowest BCUT2D eigenvalue weighted by Crippen LogP contribution is -2.59. The minimum Gasteiger partial charge on any atom is -0.456 e. The van der Waals surface area contributed by atoms with Crippen LogP contribution in [0.3, 0.4) is 0 Å². The van der Waals surface area contributed by atoms with Crippen LogP contribution in [0.5, 0.6) is 11.5 Å². The second-order valence-electron chi connectivity index (χ2n) is 7.33. The first kappa shape index (κ1) is 21.7. The fourth-order valence-corrected chi connectivity index (χ4v) is 3.46. The highest BCUT2D eigenvalue weighted by Crippen LogP contribution is 2.29. The summed E-state index contributed by atoms with van der Waals surface area (Å²) < 4.78 is 11.2. The van der Waals surface area contributed by atoms with Gasteiger partial charge in [0.1, 0.15) is 23.4 Å². The van der Waals surface area contributed by atoms with E-state index in [1.165, 1.54) is 18.7 Å². The number of carbonyl (C=O) groups excluding carboxylic acids is 2. The Balaban J connectivity index is 1.37. The van der Waals surface area contributed by atoms with Crippen molar-refractivity contribution < 1.29 is 19.1 Å². The van der Waals surface area contributed by atoms with Crippen LogP contribution in [-0.2, 0) is 16.1 Å². The standard InChI is InChI=1S/C23H21ClN4O4/c24-19-3-1-2-4-20(19)32-18-7-5-16(6-8-18)11-27-22(30)23(9-10-31-14-23)28-21(29)17-12-25-15-26-13-17/h1-8,12-13,15H,9-11,14H2,(H,27,30)(H,28,29). The Bertz CT molecular complexity index is 1090. The van der Waals surface area contributed by atoms with Crippen LogP contribution in [-0.4, -0.2) is 40.5 Å². The third-order valence-electron chi connectivity index (χ3n) is 5.07. The van der Waals surface area contributed by atoms with Crippen molar-refractivity contribution in [3.8, 4) is 11.5 Å². The van der Waals surface area contributed by atoms with Gasteiger partial charge in [0.15, 0.2) is 0 Å². The zero-order chi connectivity index (χ0) is 22.4. The SMILES string of the molecule is O=C(NC1(C(=O)NCc2ccc(Oc3ccccc3Cl)cc2)CCOC1)c1cncnc1. The fraction of sp³-hybridized carbons (Fsp3) is 0.217. The number of amides is 2. The molecule has 2 N–H and O–H groups in total. The molecule has 2 amide bonds. The number of ether oxygens (including phenoxy) is 2. The molecule has 0 saturated carbocycles. The van der Waals surface area contributed by atoms with Crippen molar-refractivity contribution in [2.45, 2.75) is 18.5 Å². The summed E-state index contributed by atoms with van der Waals surface area (Å²) in [5.41, 5.74) is 0.0161. The van der Waals surface area contributed by atoms with E-state index in [9.17, 15) is 9.59 Å². The van der Waals surface area contributed by atoms with Crippen LogP contribution >= 0.6 is 11.6 Å². The van der Waals surface area contributed by atoms with Crippen LogP contribution in [0.2, 0.25) is 5.02 Å². The molecule has 1 saturated heterocycles. The van der Waals surface area contributed by atoms with Crippen LogP contribution in [0.15, 0.2) is 67.3 Å². The average Bonchev–Trinajstić information content (AvgIpc) is 3.30. The van der Waals surface area contributed by atoms with E-state index in [-0.39, 0.29) is 24.6 Å². The monoisotopic (exact) mass is 452 g/mol. The van der Waals surface area contributed by atoms with E-state index < -0.39 is 11.4 Å². The molecule has 1 atom stereocenters. The van der Waals surface area contributed by atoms with E-state index in [0.29, 0.717) is 29.5 Å². The van der Waals surface area contributed by atoms with Gasteiger partial charge < -0.3 is 20.1 Å². The summed E-state index contributed by atoms with van der Waals surface area (Å²) >= 11 is 6.12. The molecule has 0 spiro atoms. The molecule has 9 heteroatoms. The third kappa shape index (κ3) is 5.04. The van der Waals surface area contributed by atoms with E-state index in [4.69, 9.17) is 21.1 Å². The number of para-hydroxylation sites is 1. The molecule has 0 bridgehead atoms. The maximum atomic E-state index is 13.0. The molecule has 1 aliphatic heterocycles. The summed E-state index contributed by atoms with van der Waals surface area (Å²) in [6.45, 7) is 0.771. The van der Waals surface area contributed by atoms with Crippen LogP contribution in [0, 0.1) is 0 Å². The summed E-state index contributed by atoms with van der Waals surface area (Å²) in [5.74, 6) is 0.466. The average molecular weight is 453 g/mol. The zero-order valence-electron chi connectivity index (χ0n) is 17.1. The molecule has 4 rings (SSSR count). The van der Waals surface area contributed by atoms with Gasteiger partial charge in [0.25, 0.3) is 5.91 Å². The number of nitrogens with zero attached hydrogens (tertiary/aromatic N) is 2. The molecule has 8 nitrogen and oxygen atoms in total. The Morgan fingerprint density at radius 2 is 1.84 bits per heavy atom. The van der Waals surface area contributed by atoms with Gasteiger partial charge in [0, 0.05) is 32.0 Å². The molecular weight excluding hydrogens is 432 g/mol. The number of benzene rings is 2. The summed E-state index contributed by atoms with van der Waals surface area (Å²) in [7, 11) is 0. The molecule has 0 aliphatic carbocycles. The lowest BCUT2D eigenvalue weighted by Gasteiger charge is -2.27. The highest BCUT2D eigenvalue weighted by atomic mass is 35.5. The van der Waals surface area contributed by atoms with Gasteiger partial charge >= 0.3 is 0 Å². The molecule has 0 radical (unpaired) electrons. The largest absolute Gasteiger partial charge is 0.456 e. The lowest BCUT2D eigenvalue weighted by atomic mass is 9.96. The number of halogens is 1. The van der Waals surface area contributed by atoms with Gasteiger partial charge in [-0.3, -0.25) is 9.59 Å². The first-order valence-electron chi connectivity index (χ1n) is 10.0. The minimum atomic E-state index is -1.14. The number of hydrogen-bond acceptors (Lipinski definition) is 6. The first-order chi connectivity index (χ1) is 15.6. The van der Waals surface area contributed by atoms with Crippen LogP contribution < -0.4 is 15.4 Å². The van der Waals surface area contributed by atoms with Gasteiger partial charge in [0.2, 0.25) is 5.91 Å². The van der Waals surface area contributed by atoms with Crippen molar-refractivity contribution in [2.75, 3.05) is 13.2 Å². The molecule has 1 aliphatic rings. The van der Waals surface area contributed by atoms with Crippen LogP contribution in [0.4, 0.5) is 0 Å². The molecule has 1 aromatic heterocycles. The van der Waals surface area contributed by atoms with Crippen molar-refractivity contribution >= 4 is 23.4 Å². The second-order valence-corrected chi connectivity index (χ2v) is 7.73. The molecule has 1 unspecified atom stereocenters. The summed E-state index contributed by atoms with van der Waals surface area (Å²) in [6.07, 6.45) is 4.51. The van der Waals surface area contributed by atoms with Gasteiger partial charge in [0.05, 0.1) is 17.2 Å². The van der Waals surface area contributed by atoms with Gasteiger partial charge in [-0.2, -0.15) is 0 Å². The molecule has 164 valence electrons. The molecular formula is C23H21ClN4O4. The van der Waals surface area contributed by atoms with Crippen molar-refractivity contribution in [3.63, 3.8) is 0 Å². The zero-order valence-corrected chi connectivity index (χ0v) is 17.8. The summed E-state index contributed by atoms with van der Waals surface area (Å²) in [5, 5.41) is 6.21. The number of rotatable bonds is 7. The molecule has 2 aromatic carbocycles. The van der Waals surface area contributed by atoms with Gasteiger partial charge in [-0.1, -0.05) is 35.9 Å². The predicted octanol–water partition coefficient (Wildman–Crippen LogP) is 3.13. The topological polar surface area (TPSA) is 102 Å². The predicted molar refractivity (Wildman–Crippen MR) is 117 cm³/mol. The smallest absolute Gasteiger partial charge is 0.255 e. The number of carbonyl (C=O) groups is 2. The van der Waals surface area contributed by atoms with Gasteiger partial charge in [-0.15, -0.1) is 0 Å². The van der Waals surface area contributed by atoms with E-state index in [0.717, 1.165) is 5.56 Å². The Morgan fingerprint density at radius 1 is 1.09 bits per heavy atom. The first-order valence-corrected chi connectivity index (χ1v) is 10.4. The highest BCUT2D eigenvalue weighted by molar-refractivity contribution is 6.32. The van der Waals surface area contributed by atoms with E-state index in [2.05, 4.69) is 20.6 Å². The van der Waals surface area contributed by atoms with Crippen molar-refractivity contribution in [1.82, 2.24) is 20.6 Å². The van der Waals surface area contributed by atoms with Crippen LogP contribution in [0.1, 0.15) is 22.3 Å². The number of hydrogen-bond donors (Lipinski definition) is 2. The third-order valence-corrected chi connectivity index (χ3v) is 5.38. The van der Waals surface area contributed by atoms with E-state index in [1.54, 1.807) is 24.3 Å². The summed E-state index contributed by atoms with van der Waals surface area (Å²) in [6, 6.07) is 14.5. The maximum absolute atomic E-state index is 13.0. The Kier molecular flexibility index (Phi) is 6.63. The quantitative estimate of drug-likeness (QED) is 0.571. The molecule has 3 aromatic rings. The van der Waals surface area contributed by atoms with Crippen LogP contribution in [0.25, 0.3) is 0 Å². The van der Waals surface area contributed by atoms with Crippen molar-refractivity contribution in [2.24, 2.45) is 0 Å². The second kappa shape index (κ2) is 9.76. The highest BCUT2D eigenvalue weighted by Gasteiger charge is 2.43. The Labute approximate surface area is 189 Å². The molecule has 2 heterocycles. The lowest BCUT2D eigenvalue weighted by molar-refractivity contribution is -0.127. The van der Waals surface area contributed by atoms with Crippen molar-refractivity contribution in [3.05, 3.63) is 83.4 Å². The molecule has 1 fully saturated rings. The number of aromatic nitrogens is 2. The Hall–Kier alpha value is -3.49. The minimum absolute atomic E-state index is 0.100. The van der Waals surface area contributed by atoms with Gasteiger partial charge in [-0.05, 0) is 29.8 Å². The van der Waals surface area contributed by atoms with E-state index >= 15 is 0 Å². The molecule has 32 heavy (non-hydrogen) atoms. The summed E-state index contributed by atoms with van der Waals surface area (Å²) in [4.78, 5) is 33.2. The van der Waals surface area contributed by atoms with Gasteiger partial charge in [-0.25, -0.2) is 9.97 Å².